The van der Waals surface area contributed by atoms with E-state index in [-0.39, 0.29) is 17.6 Å². The molecule has 0 radical (unpaired) electrons. The Balaban J connectivity index is 1.61. The molecule has 0 aliphatic carbocycles. The molecule has 5 nitrogen and oxygen atoms in total. The number of para-hydroxylation sites is 1. The van der Waals surface area contributed by atoms with E-state index in [0.29, 0.717) is 17.0 Å². The molecule has 0 saturated carbocycles. The van der Waals surface area contributed by atoms with E-state index in [4.69, 9.17) is 4.42 Å². The zero-order chi connectivity index (χ0) is 19.1. The van der Waals surface area contributed by atoms with Crippen molar-refractivity contribution in [3.63, 3.8) is 0 Å². The molecule has 0 unspecified atom stereocenters. The zero-order valence-electron chi connectivity index (χ0n) is 14.9. The maximum atomic E-state index is 12.6. The van der Waals surface area contributed by atoms with E-state index >= 15 is 0 Å². The van der Waals surface area contributed by atoms with E-state index < -0.39 is 0 Å². The van der Waals surface area contributed by atoms with Crippen molar-refractivity contribution in [2.24, 2.45) is 0 Å². The number of rotatable bonds is 7. The van der Waals surface area contributed by atoms with Crippen molar-refractivity contribution in [3.05, 3.63) is 83.8 Å². The molecule has 2 aromatic carbocycles. The summed E-state index contributed by atoms with van der Waals surface area (Å²) >= 11 is 1.45. The highest BCUT2D eigenvalue weighted by Gasteiger charge is 2.13. The highest BCUT2D eigenvalue weighted by Crippen LogP contribution is 2.19. The molecular weight excluding hydrogens is 360 g/mol. The second-order valence-corrected chi connectivity index (χ2v) is 6.98. The number of hydrogen-bond acceptors (Lipinski definition) is 4. The van der Waals surface area contributed by atoms with Crippen LogP contribution in [0.2, 0.25) is 0 Å². The van der Waals surface area contributed by atoms with Crippen molar-refractivity contribution in [1.29, 1.82) is 0 Å². The SMILES string of the molecule is Cc1cccc(NC(=O)c2ccccc2NC(=O)CSCc2ccco2)c1. The predicted molar refractivity (Wildman–Crippen MR) is 109 cm³/mol. The normalized spacial score (nSPS) is 10.4. The maximum absolute atomic E-state index is 12.6. The van der Waals surface area contributed by atoms with Crippen LogP contribution in [-0.4, -0.2) is 17.6 Å². The molecule has 0 aliphatic heterocycles. The van der Waals surface area contributed by atoms with E-state index in [9.17, 15) is 9.59 Å². The van der Waals surface area contributed by atoms with Gasteiger partial charge >= 0.3 is 0 Å². The van der Waals surface area contributed by atoms with Crippen LogP contribution in [0.5, 0.6) is 0 Å². The number of nitrogens with one attached hydrogen (secondary N) is 2. The Morgan fingerprint density at radius 2 is 1.85 bits per heavy atom. The van der Waals surface area contributed by atoms with Gasteiger partial charge in [-0.3, -0.25) is 9.59 Å². The Hall–Kier alpha value is -2.99. The fourth-order valence-electron chi connectivity index (χ4n) is 2.54. The lowest BCUT2D eigenvalue weighted by atomic mass is 10.1. The van der Waals surface area contributed by atoms with Crippen molar-refractivity contribution in [3.8, 4) is 0 Å². The van der Waals surface area contributed by atoms with Crippen molar-refractivity contribution in [2.45, 2.75) is 12.7 Å². The van der Waals surface area contributed by atoms with Crippen molar-refractivity contribution in [2.75, 3.05) is 16.4 Å². The Kier molecular flexibility index (Phi) is 6.33. The summed E-state index contributed by atoms with van der Waals surface area (Å²) in [5.74, 6) is 1.29. The standard InChI is InChI=1S/C21H20N2O3S/c1-15-6-4-7-16(12-15)22-21(25)18-9-2-3-10-19(18)23-20(24)14-27-13-17-8-5-11-26-17/h2-12H,13-14H2,1H3,(H,22,25)(H,23,24). The fourth-order valence-corrected chi connectivity index (χ4v) is 3.26. The molecule has 1 aromatic heterocycles. The number of hydrogen-bond donors (Lipinski definition) is 2. The number of benzene rings is 2. The largest absolute Gasteiger partial charge is 0.468 e. The minimum atomic E-state index is -0.264. The van der Waals surface area contributed by atoms with E-state index in [1.165, 1.54) is 11.8 Å². The number of carbonyl (C=O) groups is 2. The van der Waals surface area contributed by atoms with Gasteiger partial charge in [-0.1, -0.05) is 24.3 Å². The molecule has 3 rings (SSSR count). The van der Waals surface area contributed by atoms with Gasteiger partial charge in [0.1, 0.15) is 5.76 Å². The summed E-state index contributed by atoms with van der Waals surface area (Å²) in [6, 6.07) is 18.2. The molecule has 2 amide bonds. The highest BCUT2D eigenvalue weighted by molar-refractivity contribution is 7.99. The van der Waals surface area contributed by atoms with Crippen LogP contribution in [0, 0.1) is 6.92 Å². The van der Waals surface area contributed by atoms with Gasteiger partial charge in [-0.15, -0.1) is 11.8 Å². The Bertz CT molecular complexity index is 923. The van der Waals surface area contributed by atoms with Crippen molar-refractivity contribution in [1.82, 2.24) is 0 Å². The van der Waals surface area contributed by atoms with Crippen LogP contribution in [0.1, 0.15) is 21.7 Å². The first-order chi connectivity index (χ1) is 13.1. The predicted octanol–water partition coefficient (Wildman–Crippen LogP) is 4.71. The van der Waals surface area contributed by atoms with Crippen molar-refractivity contribution >= 4 is 35.0 Å². The maximum Gasteiger partial charge on any atom is 0.257 e. The van der Waals surface area contributed by atoms with E-state index in [1.54, 1.807) is 30.5 Å². The Labute approximate surface area is 162 Å². The van der Waals surface area contributed by atoms with Crippen LogP contribution in [0.15, 0.2) is 71.3 Å². The number of thioether (sulfide) groups is 1. The first-order valence-electron chi connectivity index (χ1n) is 8.49. The molecule has 0 bridgehead atoms. The summed E-state index contributed by atoms with van der Waals surface area (Å²) in [5, 5.41) is 5.68. The molecule has 2 N–H and O–H groups in total. The van der Waals surface area contributed by atoms with Gasteiger partial charge in [-0.25, -0.2) is 0 Å². The quantitative estimate of drug-likeness (QED) is 0.623. The third-order valence-corrected chi connectivity index (χ3v) is 4.73. The molecule has 0 saturated heterocycles. The minimum Gasteiger partial charge on any atom is -0.468 e. The molecule has 138 valence electrons. The van der Waals surface area contributed by atoms with Crippen LogP contribution < -0.4 is 10.6 Å². The van der Waals surface area contributed by atoms with Crippen LogP contribution in [0.25, 0.3) is 0 Å². The summed E-state index contributed by atoms with van der Waals surface area (Å²) in [6.07, 6.45) is 1.61. The number of anilines is 2. The molecule has 3 aromatic rings. The van der Waals surface area contributed by atoms with Crippen LogP contribution in [0.4, 0.5) is 11.4 Å². The molecule has 0 spiro atoms. The van der Waals surface area contributed by atoms with Crippen LogP contribution in [-0.2, 0) is 10.5 Å². The third kappa shape index (κ3) is 5.49. The van der Waals surface area contributed by atoms with Gasteiger partial charge in [0.15, 0.2) is 0 Å². The van der Waals surface area contributed by atoms with Crippen LogP contribution in [0.3, 0.4) is 0 Å². The summed E-state index contributed by atoms with van der Waals surface area (Å²) in [4.78, 5) is 24.8. The summed E-state index contributed by atoms with van der Waals surface area (Å²) < 4.78 is 5.24. The fraction of sp³-hybridized carbons (Fsp3) is 0.143. The number of carbonyl (C=O) groups excluding carboxylic acids is 2. The number of furan rings is 1. The molecule has 1 heterocycles. The lowest BCUT2D eigenvalue weighted by Crippen LogP contribution is -2.19. The van der Waals surface area contributed by atoms with Gasteiger partial charge in [-0.05, 0) is 48.9 Å². The van der Waals surface area contributed by atoms with Gasteiger partial charge in [0, 0.05) is 5.69 Å². The van der Waals surface area contributed by atoms with Gasteiger partial charge < -0.3 is 15.1 Å². The first-order valence-corrected chi connectivity index (χ1v) is 9.64. The molecule has 0 atom stereocenters. The molecule has 27 heavy (non-hydrogen) atoms. The monoisotopic (exact) mass is 380 g/mol. The second-order valence-electron chi connectivity index (χ2n) is 5.99. The average Bonchev–Trinajstić information content (AvgIpc) is 3.15. The highest BCUT2D eigenvalue weighted by atomic mass is 32.2. The molecule has 0 fully saturated rings. The summed E-state index contributed by atoms with van der Waals surface area (Å²) in [5.41, 5.74) is 2.69. The Morgan fingerprint density at radius 3 is 2.63 bits per heavy atom. The van der Waals surface area contributed by atoms with Crippen LogP contribution >= 0.6 is 11.8 Å². The topological polar surface area (TPSA) is 71.3 Å². The van der Waals surface area contributed by atoms with Gasteiger partial charge in [0.2, 0.25) is 5.91 Å². The smallest absolute Gasteiger partial charge is 0.257 e. The van der Waals surface area contributed by atoms with E-state index in [2.05, 4.69) is 10.6 Å². The summed E-state index contributed by atoms with van der Waals surface area (Å²) in [7, 11) is 0. The molecule has 6 heteroatoms. The van der Waals surface area contributed by atoms with E-state index in [0.717, 1.165) is 17.0 Å². The zero-order valence-corrected chi connectivity index (χ0v) is 15.7. The Morgan fingerprint density at radius 1 is 1.00 bits per heavy atom. The lowest BCUT2D eigenvalue weighted by Gasteiger charge is -2.11. The second kappa shape index (κ2) is 9.09. The lowest BCUT2D eigenvalue weighted by molar-refractivity contribution is -0.113. The third-order valence-electron chi connectivity index (χ3n) is 3.78. The van der Waals surface area contributed by atoms with Crippen molar-refractivity contribution < 1.29 is 14.0 Å². The minimum absolute atomic E-state index is 0.164. The molecule has 0 aliphatic rings. The number of aryl methyl sites for hydroxylation is 1. The first kappa shape index (κ1) is 18.8. The van der Waals surface area contributed by atoms with Gasteiger partial charge in [0.05, 0.1) is 29.0 Å². The summed E-state index contributed by atoms with van der Waals surface area (Å²) in [6.45, 7) is 1.96. The number of amides is 2. The van der Waals surface area contributed by atoms with Gasteiger partial charge in [0.25, 0.3) is 5.91 Å². The van der Waals surface area contributed by atoms with Gasteiger partial charge in [-0.2, -0.15) is 0 Å². The molecular formula is C21H20N2O3S. The average molecular weight is 380 g/mol. The van der Waals surface area contributed by atoms with E-state index in [1.807, 2.05) is 43.3 Å².